The first kappa shape index (κ1) is 15.2. The van der Waals surface area contributed by atoms with Crippen LogP contribution in [0.2, 0.25) is 0 Å². The van der Waals surface area contributed by atoms with Crippen LogP contribution in [0.15, 0.2) is 29.1 Å². The van der Waals surface area contributed by atoms with Crippen molar-refractivity contribution in [2.45, 2.75) is 39.5 Å². The van der Waals surface area contributed by atoms with E-state index in [1.165, 1.54) is 5.56 Å². The van der Waals surface area contributed by atoms with Crippen molar-refractivity contribution >= 4 is 22.6 Å². The third-order valence-corrected chi connectivity index (χ3v) is 4.12. The lowest BCUT2D eigenvalue weighted by molar-refractivity contribution is 0.556. The Morgan fingerprint density at radius 1 is 1.20 bits per heavy atom. The first-order valence-corrected chi connectivity index (χ1v) is 7.70. The van der Waals surface area contributed by atoms with Crippen molar-refractivity contribution in [1.29, 1.82) is 0 Å². The second-order valence-electron chi connectivity index (χ2n) is 6.09. The van der Waals surface area contributed by atoms with Crippen molar-refractivity contribution < 1.29 is 0 Å². The van der Waals surface area contributed by atoms with Crippen LogP contribution in [0, 0.1) is 10.5 Å². The normalized spacial score (nSPS) is 11.7. The Hall–Kier alpha value is -1.17. The van der Waals surface area contributed by atoms with Gasteiger partial charge in [-0.15, -0.1) is 0 Å². The van der Waals surface area contributed by atoms with Crippen molar-refractivity contribution in [3.05, 3.63) is 60.8 Å². The fraction of sp³-hybridized carbons (Fsp3) is 0.375. The molecule has 0 unspecified atom stereocenters. The zero-order valence-electron chi connectivity index (χ0n) is 12.2. The van der Waals surface area contributed by atoms with E-state index in [0.29, 0.717) is 9.99 Å². The first-order valence-electron chi connectivity index (χ1n) is 6.62. The molecule has 0 amide bonds. The van der Waals surface area contributed by atoms with E-state index in [-0.39, 0.29) is 11.0 Å². The molecule has 4 heteroatoms. The standard InChI is InChI=1S/C16H19IN2O/c1-10-5-7-11(8-6-10)9-12-18-14(16(2,3)4)13(17)15(20)19-12/h5-8H,9H2,1-4H3,(H,18,19,20). The number of aryl methyl sites for hydroxylation is 1. The highest BCUT2D eigenvalue weighted by molar-refractivity contribution is 14.1. The van der Waals surface area contributed by atoms with Crippen LogP contribution in [0.4, 0.5) is 0 Å². The average Bonchev–Trinajstić information content (AvgIpc) is 2.35. The van der Waals surface area contributed by atoms with Crippen molar-refractivity contribution in [3.63, 3.8) is 0 Å². The Morgan fingerprint density at radius 2 is 1.80 bits per heavy atom. The number of hydrogen-bond acceptors (Lipinski definition) is 2. The molecule has 3 nitrogen and oxygen atoms in total. The van der Waals surface area contributed by atoms with Crippen molar-refractivity contribution in [1.82, 2.24) is 9.97 Å². The van der Waals surface area contributed by atoms with E-state index in [2.05, 4.69) is 84.5 Å². The molecule has 2 aromatic rings. The van der Waals surface area contributed by atoms with Gasteiger partial charge in [-0.1, -0.05) is 50.6 Å². The maximum Gasteiger partial charge on any atom is 0.264 e. The monoisotopic (exact) mass is 382 g/mol. The minimum Gasteiger partial charge on any atom is -0.309 e. The molecule has 1 aromatic carbocycles. The summed E-state index contributed by atoms with van der Waals surface area (Å²) in [5.74, 6) is 0.726. The Kier molecular flexibility index (Phi) is 4.32. The zero-order chi connectivity index (χ0) is 14.9. The first-order chi connectivity index (χ1) is 9.27. The van der Waals surface area contributed by atoms with E-state index >= 15 is 0 Å². The SMILES string of the molecule is Cc1ccc(Cc2nc(C(C)(C)C)c(I)c(=O)[nH]2)cc1. The van der Waals surface area contributed by atoms with Gasteiger partial charge in [0.1, 0.15) is 9.39 Å². The fourth-order valence-electron chi connectivity index (χ4n) is 1.99. The third kappa shape index (κ3) is 3.48. The highest BCUT2D eigenvalue weighted by Gasteiger charge is 2.21. The molecule has 1 N–H and O–H groups in total. The van der Waals surface area contributed by atoms with Crippen LogP contribution in [0.3, 0.4) is 0 Å². The molecule has 1 heterocycles. The number of rotatable bonds is 2. The lowest BCUT2D eigenvalue weighted by Gasteiger charge is -2.19. The molecule has 0 saturated heterocycles. The highest BCUT2D eigenvalue weighted by Crippen LogP contribution is 2.23. The van der Waals surface area contributed by atoms with Gasteiger partial charge in [0, 0.05) is 11.8 Å². The summed E-state index contributed by atoms with van der Waals surface area (Å²) in [5.41, 5.74) is 3.07. The van der Waals surface area contributed by atoms with Gasteiger partial charge in [0.2, 0.25) is 0 Å². The quantitative estimate of drug-likeness (QED) is 0.808. The lowest BCUT2D eigenvalue weighted by Crippen LogP contribution is -2.25. The van der Waals surface area contributed by atoms with Gasteiger partial charge in [-0.2, -0.15) is 0 Å². The molecule has 0 radical (unpaired) electrons. The largest absolute Gasteiger partial charge is 0.309 e. The molecule has 106 valence electrons. The predicted molar refractivity (Wildman–Crippen MR) is 90.3 cm³/mol. The van der Waals surface area contributed by atoms with E-state index in [0.717, 1.165) is 17.1 Å². The van der Waals surface area contributed by atoms with Gasteiger partial charge >= 0.3 is 0 Å². The Morgan fingerprint density at radius 3 is 2.35 bits per heavy atom. The van der Waals surface area contributed by atoms with E-state index in [1.807, 2.05) is 0 Å². The number of benzene rings is 1. The van der Waals surface area contributed by atoms with Crippen LogP contribution in [0.1, 0.15) is 43.4 Å². The number of halogens is 1. The summed E-state index contributed by atoms with van der Waals surface area (Å²) in [6, 6.07) is 8.30. The number of H-pyrrole nitrogens is 1. The van der Waals surface area contributed by atoms with Crippen LogP contribution >= 0.6 is 22.6 Å². The number of nitrogens with one attached hydrogen (secondary N) is 1. The second-order valence-corrected chi connectivity index (χ2v) is 7.17. The van der Waals surface area contributed by atoms with Gasteiger partial charge < -0.3 is 4.98 Å². The fourth-order valence-corrected chi connectivity index (χ4v) is 3.05. The van der Waals surface area contributed by atoms with Crippen LogP contribution in [-0.2, 0) is 11.8 Å². The molecule has 0 fully saturated rings. The molecule has 0 atom stereocenters. The average molecular weight is 382 g/mol. The number of aromatic amines is 1. The summed E-state index contributed by atoms with van der Waals surface area (Å²) in [4.78, 5) is 19.6. The highest BCUT2D eigenvalue weighted by atomic mass is 127. The summed E-state index contributed by atoms with van der Waals surface area (Å²) in [7, 11) is 0. The van der Waals surface area contributed by atoms with E-state index in [9.17, 15) is 4.79 Å². The predicted octanol–water partition coefficient (Wildman–Crippen LogP) is 3.57. The summed E-state index contributed by atoms with van der Waals surface area (Å²) >= 11 is 2.08. The van der Waals surface area contributed by atoms with Crippen LogP contribution in [0.25, 0.3) is 0 Å². The molecule has 0 aliphatic carbocycles. The van der Waals surface area contributed by atoms with Gasteiger partial charge in [-0.3, -0.25) is 4.79 Å². The van der Waals surface area contributed by atoms with Gasteiger partial charge in [-0.25, -0.2) is 4.98 Å². The van der Waals surface area contributed by atoms with Crippen LogP contribution in [-0.4, -0.2) is 9.97 Å². The maximum atomic E-state index is 12.0. The summed E-state index contributed by atoms with van der Waals surface area (Å²) in [6.07, 6.45) is 0.648. The Bertz CT molecular complexity index is 666. The molecule has 2 rings (SSSR count). The van der Waals surface area contributed by atoms with E-state index < -0.39 is 0 Å². The minimum atomic E-state index is -0.132. The smallest absolute Gasteiger partial charge is 0.264 e. The number of hydrogen-bond donors (Lipinski definition) is 1. The minimum absolute atomic E-state index is 0.0485. The molecule has 1 aromatic heterocycles. The number of nitrogens with zero attached hydrogens (tertiary/aromatic N) is 1. The molecule has 0 aliphatic heterocycles. The molecular formula is C16H19IN2O. The maximum absolute atomic E-state index is 12.0. The molecule has 20 heavy (non-hydrogen) atoms. The Balaban J connectivity index is 2.41. The van der Waals surface area contributed by atoms with Gasteiger partial charge in [0.15, 0.2) is 0 Å². The molecule has 0 bridgehead atoms. The van der Waals surface area contributed by atoms with Crippen LogP contribution in [0.5, 0.6) is 0 Å². The number of aromatic nitrogens is 2. The summed E-state index contributed by atoms with van der Waals surface area (Å²) < 4.78 is 0.683. The summed E-state index contributed by atoms with van der Waals surface area (Å²) in [5, 5.41) is 0. The van der Waals surface area contributed by atoms with Gasteiger partial charge in [0.05, 0.1) is 5.69 Å². The Labute approximate surface area is 133 Å². The van der Waals surface area contributed by atoms with E-state index in [4.69, 9.17) is 0 Å². The van der Waals surface area contributed by atoms with Gasteiger partial charge in [-0.05, 0) is 35.1 Å². The molecule has 0 aliphatic rings. The van der Waals surface area contributed by atoms with E-state index in [1.54, 1.807) is 0 Å². The molecule has 0 saturated carbocycles. The zero-order valence-corrected chi connectivity index (χ0v) is 14.4. The lowest BCUT2D eigenvalue weighted by atomic mass is 9.92. The second kappa shape index (κ2) is 5.68. The summed E-state index contributed by atoms with van der Waals surface area (Å²) in [6.45, 7) is 8.29. The molecule has 0 spiro atoms. The third-order valence-electron chi connectivity index (χ3n) is 3.11. The van der Waals surface area contributed by atoms with Crippen molar-refractivity contribution in [2.24, 2.45) is 0 Å². The molecular weight excluding hydrogens is 363 g/mol. The van der Waals surface area contributed by atoms with Crippen molar-refractivity contribution in [2.75, 3.05) is 0 Å². The topological polar surface area (TPSA) is 45.8 Å². The van der Waals surface area contributed by atoms with Crippen molar-refractivity contribution in [3.8, 4) is 0 Å². The van der Waals surface area contributed by atoms with Gasteiger partial charge in [0.25, 0.3) is 5.56 Å². The van der Waals surface area contributed by atoms with Crippen LogP contribution < -0.4 is 5.56 Å².